The van der Waals surface area contributed by atoms with Gasteiger partial charge in [0.15, 0.2) is 5.78 Å². The molecule has 1 aromatic heterocycles. The summed E-state index contributed by atoms with van der Waals surface area (Å²) in [4.78, 5) is 83.5. The van der Waals surface area contributed by atoms with Crippen LogP contribution < -0.4 is 5.32 Å². The van der Waals surface area contributed by atoms with Crippen molar-refractivity contribution in [2.45, 2.75) is 193 Å². The fourth-order valence-corrected chi connectivity index (χ4v) is 11.6. The zero-order valence-corrected chi connectivity index (χ0v) is 50.4. The van der Waals surface area contributed by atoms with Crippen LogP contribution in [-0.4, -0.2) is 143 Å². The number of esters is 1. The molecule has 1 saturated carbocycles. The molecule has 2 bridgehead atoms. The topological polar surface area (TPSA) is 251 Å². The van der Waals surface area contributed by atoms with Crippen molar-refractivity contribution >= 4 is 40.8 Å². The number of methoxy groups -OCH3 is 3. The zero-order valence-electron chi connectivity index (χ0n) is 50.4. The first-order valence-corrected chi connectivity index (χ1v) is 29.2. The number of nitrogens with one attached hydrogen (secondary N) is 1. The molecule has 3 aliphatic heterocycles. The Morgan fingerprint density at radius 1 is 0.869 bits per heavy atom. The molecule has 3 fully saturated rings. The summed E-state index contributed by atoms with van der Waals surface area (Å²) in [5.41, 5.74) is 0.993. The van der Waals surface area contributed by atoms with Gasteiger partial charge in [-0.05, 0) is 138 Å². The van der Waals surface area contributed by atoms with Crippen LogP contribution in [-0.2, 0) is 53.8 Å². The third-order valence-electron chi connectivity index (χ3n) is 16.9. The molecule has 6 rings (SSSR count). The number of Topliss-reactive ketones (excluding diaryl/α,β-unsaturated/α-hetero) is 3. The standard InChI is InChI=1S/C51H79NO13.C12H9F3N2O2/c1-30-16-12-11-13-17-31(2)42(61-8)28-38-21-19-36(7)51(60,65-38)48(57)49(58)52-23-15-14-18-39(52)50(59)64-43(33(4)26-37-20-22-40(53)44(27-37)62-9)29-41(54)32(3)25-35(6)46(56)47(63-10)45(55)34(5)24-30;1-7-10(6-16-19-7)11(18)17-9-4-2-8(3-5-9)12(13,14)15/h11-13,16-17,25,30,32-34,36-40,42-44,46-47,53,56,60H,14-15,18-24,26-29H2,1-10H3;2-6H,1H3,(H,17,18)/b13-11?,16-12+,31-17?,35-25+;/t30-,32-,33-,34-,36-,37+,38+,39+,40-,42+,43+,44-,46-,47+,51-;/m1./s1. The minimum absolute atomic E-state index is 0.0193. The number of halogens is 3. The second-order valence-electron chi connectivity index (χ2n) is 23.4. The highest BCUT2D eigenvalue weighted by Crippen LogP contribution is 2.38. The van der Waals surface area contributed by atoms with Crippen LogP contribution in [0.25, 0.3) is 0 Å². The van der Waals surface area contributed by atoms with E-state index in [4.69, 9.17) is 28.2 Å². The van der Waals surface area contributed by atoms with Crippen LogP contribution in [0.5, 0.6) is 0 Å². The predicted molar refractivity (Wildman–Crippen MR) is 306 cm³/mol. The molecule has 18 nitrogen and oxygen atoms in total. The molecule has 4 aliphatic rings. The SMILES string of the molecule is CO[C@H]1C[C@@H]2CC[C@@H](C)[C@@](O)(O2)C(=O)C(=O)N2CCCC[C@H]2C(=O)O[C@H]([C@H](C)C[C@@H]2CC[C@@H](O)[C@H](OC)C2)CC(=O)[C@H](C)/C=C(\C)[C@@H](O)[C@@H](OC)C(=O)[C@H](C)C[C@H](C)/C=C/C=CC=C1C.Cc1oncc1C(=O)Nc1ccc(C(F)(F)F)cc1. The Bertz CT molecular complexity index is 2670. The molecule has 2 amide bonds. The van der Waals surface area contributed by atoms with E-state index in [1.165, 1.54) is 30.3 Å². The van der Waals surface area contributed by atoms with Gasteiger partial charge in [0.25, 0.3) is 17.6 Å². The number of rotatable bonds is 8. The van der Waals surface area contributed by atoms with Crippen molar-refractivity contribution in [1.29, 1.82) is 0 Å². The van der Waals surface area contributed by atoms with E-state index in [9.17, 15) is 57.3 Å². The lowest BCUT2D eigenvalue weighted by Crippen LogP contribution is -2.61. The molecule has 0 spiro atoms. The van der Waals surface area contributed by atoms with Gasteiger partial charge in [0.1, 0.15) is 41.5 Å². The molecule has 2 aromatic rings. The maximum absolute atomic E-state index is 14.4. The Hall–Kier alpha value is -5.68. The number of fused-ring (bicyclic) bond motifs is 3. The molecule has 15 atom stereocenters. The van der Waals surface area contributed by atoms with Gasteiger partial charge in [0.05, 0.1) is 36.2 Å². The number of allylic oxidation sites excluding steroid dienone is 6. The number of carbonyl (C=O) groups excluding carboxylic acids is 6. The molecule has 0 radical (unpaired) electrons. The van der Waals surface area contributed by atoms with Crippen molar-refractivity contribution < 1.29 is 85.5 Å². The van der Waals surface area contributed by atoms with Crippen LogP contribution in [0.1, 0.15) is 147 Å². The Morgan fingerprint density at radius 3 is 2.20 bits per heavy atom. The Balaban J connectivity index is 0.000000570. The van der Waals surface area contributed by atoms with Crippen molar-refractivity contribution in [3.63, 3.8) is 0 Å². The predicted octanol–water partition coefficient (Wildman–Crippen LogP) is 9.43. The number of aliphatic hydroxyl groups is 3. The van der Waals surface area contributed by atoms with Gasteiger partial charge in [-0.3, -0.25) is 24.0 Å². The zero-order chi connectivity index (χ0) is 62.2. The number of anilines is 1. The highest BCUT2D eigenvalue weighted by atomic mass is 19.4. The molecule has 0 unspecified atom stereocenters. The molecular weight excluding hydrogens is 1100 g/mol. The third-order valence-corrected chi connectivity index (χ3v) is 16.9. The number of aryl methyl sites for hydroxylation is 1. The van der Waals surface area contributed by atoms with Gasteiger partial charge >= 0.3 is 12.1 Å². The minimum atomic E-state index is -4.40. The van der Waals surface area contributed by atoms with E-state index < -0.39 is 102 Å². The number of ether oxygens (including phenoxy) is 5. The smallest absolute Gasteiger partial charge is 0.416 e. The summed E-state index contributed by atoms with van der Waals surface area (Å²) in [5, 5.41) is 39.7. The highest BCUT2D eigenvalue weighted by molar-refractivity contribution is 6.39. The van der Waals surface area contributed by atoms with Crippen LogP contribution in [0.15, 0.2) is 82.6 Å². The Labute approximate surface area is 491 Å². The van der Waals surface area contributed by atoms with E-state index in [1.807, 2.05) is 58.1 Å². The van der Waals surface area contributed by atoms with Crippen molar-refractivity contribution in [2.75, 3.05) is 33.2 Å². The summed E-state index contributed by atoms with van der Waals surface area (Å²) in [7, 11) is 4.52. The fourth-order valence-electron chi connectivity index (χ4n) is 11.6. The number of alkyl halides is 3. The summed E-state index contributed by atoms with van der Waals surface area (Å²) in [6, 6.07) is 3.03. The molecule has 466 valence electrons. The number of amides is 2. The van der Waals surface area contributed by atoms with E-state index in [0.29, 0.717) is 69.1 Å². The van der Waals surface area contributed by atoms with Gasteiger partial charge in [0.2, 0.25) is 5.79 Å². The van der Waals surface area contributed by atoms with E-state index in [2.05, 4.69) is 10.5 Å². The average Bonchev–Trinajstić information content (AvgIpc) is 1.90. The first-order chi connectivity index (χ1) is 39.6. The van der Waals surface area contributed by atoms with E-state index >= 15 is 0 Å². The normalized spacial score (nSPS) is 32.8. The number of carbonyl (C=O) groups is 6. The summed E-state index contributed by atoms with van der Waals surface area (Å²) < 4.78 is 71.1. The first-order valence-electron chi connectivity index (χ1n) is 29.2. The highest BCUT2D eigenvalue weighted by Gasteiger charge is 2.53. The lowest BCUT2D eigenvalue weighted by molar-refractivity contribution is -0.265. The molecule has 4 heterocycles. The van der Waals surface area contributed by atoms with E-state index in [0.717, 1.165) is 24.1 Å². The summed E-state index contributed by atoms with van der Waals surface area (Å²) in [6.07, 6.45) is 8.03. The molecule has 2 saturated heterocycles. The number of hydrogen-bond acceptors (Lipinski definition) is 16. The molecular formula is C63H88F3N3O15. The van der Waals surface area contributed by atoms with Crippen LogP contribution in [0.3, 0.4) is 0 Å². The van der Waals surface area contributed by atoms with Gasteiger partial charge in [-0.2, -0.15) is 13.2 Å². The number of aliphatic hydroxyl groups excluding tert-OH is 2. The summed E-state index contributed by atoms with van der Waals surface area (Å²) >= 11 is 0. The maximum atomic E-state index is 14.4. The quantitative estimate of drug-likeness (QED) is 0.109. The summed E-state index contributed by atoms with van der Waals surface area (Å²) in [5.74, 6) is -8.11. The Morgan fingerprint density at radius 2 is 1.57 bits per heavy atom. The van der Waals surface area contributed by atoms with Gasteiger partial charge in [0, 0.05) is 64.2 Å². The second-order valence-corrected chi connectivity index (χ2v) is 23.4. The molecule has 4 N–H and O–H groups in total. The number of benzene rings is 1. The van der Waals surface area contributed by atoms with E-state index in [1.54, 1.807) is 48.0 Å². The molecule has 1 aliphatic carbocycles. The van der Waals surface area contributed by atoms with Crippen LogP contribution >= 0.6 is 0 Å². The molecule has 1 aromatic carbocycles. The van der Waals surface area contributed by atoms with Gasteiger partial charge < -0.3 is 53.7 Å². The third kappa shape index (κ3) is 18.7. The van der Waals surface area contributed by atoms with Crippen molar-refractivity contribution in [3.05, 3.63) is 95.0 Å². The first kappa shape index (κ1) is 69.1. The number of nitrogens with zero attached hydrogens (tertiary/aromatic N) is 2. The average molecular weight is 1180 g/mol. The Kier molecular flexibility index (Phi) is 26.0. The number of aromatic nitrogens is 1. The lowest BCUT2D eigenvalue weighted by Gasteiger charge is -2.42. The van der Waals surface area contributed by atoms with Gasteiger partial charge in [-0.25, -0.2) is 4.79 Å². The van der Waals surface area contributed by atoms with Crippen LogP contribution in [0.4, 0.5) is 18.9 Å². The van der Waals surface area contributed by atoms with Crippen LogP contribution in [0, 0.1) is 42.4 Å². The fraction of sp³-hybridized carbons (Fsp3) is 0.635. The number of piperidine rings is 1. The van der Waals surface area contributed by atoms with Crippen molar-refractivity contribution in [2.24, 2.45) is 35.5 Å². The number of cyclic esters (lactones) is 1. The van der Waals surface area contributed by atoms with Gasteiger partial charge in [-0.15, -0.1) is 0 Å². The lowest BCUT2D eigenvalue weighted by atomic mass is 9.78. The monoisotopic (exact) mass is 1180 g/mol. The number of ketones is 3. The minimum Gasteiger partial charge on any atom is -0.460 e. The summed E-state index contributed by atoms with van der Waals surface area (Å²) in [6.45, 7) is 14.3. The molecule has 84 heavy (non-hydrogen) atoms. The second kappa shape index (κ2) is 31.6. The molecule has 21 heteroatoms. The van der Waals surface area contributed by atoms with Crippen molar-refractivity contribution in [3.8, 4) is 0 Å². The van der Waals surface area contributed by atoms with Crippen molar-refractivity contribution in [1.82, 2.24) is 10.1 Å². The maximum Gasteiger partial charge on any atom is 0.416 e. The van der Waals surface area contributed by atoms with Gasteiger partial charge in [-0.1, -0.05) is 76.2 Å². The number of hydrogen-bond donors (Lipinski definition) is 4. The van der Waals surface area contributed by atoms with E-state index in [-0.39, 0.29) is 66.1 Å². The largest absolute Gasteiger partial charge is 0.460 e. The van der Waals surface area contributed by atoms with Crippen LogP contribution in [0.2, 0.25) is 0 Å².